The molecule has 0 saturated carbocycles. The Morgan fingerprint density at radius 3 is 1.48 bits per heavy atom. The second-order valence-electron chi connectivity index (χ2n) is 12.8. The average Bonchev–Trinajstić information content (AvgIpc) is 3.09. The number of phenols is 1. The van der Waals surface area contributed by atoms with E-state index in [4.69, 9.17) is 11.5 Å². The summed E-state index contributed by atoms with van der Waals surface area (Å²) in [6.07, 6.45) is -0.0123. The first-order chi connectivity index (χ1) is 24.4. The zero-order chi connectivity index (χ0) is 39.1. The predicted molar refractivity (Wildman–Crippen MR) is 190 cm³/mol. The van der Waals surface area contributed by atoms with Gasteiger partial charge < -0.3 is 53.6 Å². The first kappa shape index (κ1) is 42.6. The molecule has 284 valence electrons. The number of aliphatic hydroxyl groups is 1. The molecule has 0 aliphatic rings. The Labute approximate surface area is 302 Å². The number of carbonyl (C=O) groups excluding carboxylic acids is 7. The van der Waals surface area contributed by atoms with Crippen LogP contribution in [0, 0.1) is 5.92 Å². The molecule has 52 heavy (non-hydrogen) atoms. The molecule has 17 heteroatoms. The third-order valence-electron chi connectivity index (χ3n) is 7.93. The van der Waals surface area contributed by atoms with Gasteiger partial charge in [-0.3, -0.25) is 33.6 Å². The third kappa shape index (κ3) is 13.6. The molecule has 0 unspecified atom stereocenters. The fraction of sp³-hybridized carbons (Fsp3) is 0.457. The van der Waals surface area contributed by atoms with Crippen molar-refractivity contribution in [1.82, 2.24) is 31.9 Å². The van der Waals surface area contributed by atoms with Gasteiger partial charge >= 0.3 is 0 Å². The highest BCUT2D eigenvalue weighted by Crippen LogP contribution is 2.12. The Bertz CT molecular complexity index is 1550. The van der Waals surface area contributed by atoms with Crippen LogP contribution in [-0.2, 0) is 46.4 Å². The van der Waals surface area contributed by atoms with Crippen LogP contribution in [0.2, 0.25) is 0 Å². The number of aliphatic hydroxyl groups excluding tert-OH is 1. The maximum Gasteiger partial charge on any atom is 0.245 e. The van der Waals surface area contributed by atoms with E-state index in [0.29, 0.717) is 11.1 Å². The van der Waals surface area contributed by atoms with Crippen LogP contribution in [-0.4, -0.2) is 100 Å². The second kappa shape index (κ2) is 20.3. The first-order valence-electron chi connectivity index (χ1n) is 16.7. The summed E-state index contributed by atoms with van der Waals surface area (Å²) in [4.78, 5) is 89.9. The number of hydrogen-bond acceptors (Lipinski definition) is 10. The van der Waals surface area contributed by atoms with E-state index in [1.807, 2.05) is 0 Å². The number of benzene rings is 2. The molecule has 0 aromatic heterocycles. The summed E-state index contributed by atoms with van der Waals surface area (Å²) < 4.78 is 0. The van der Waals surface area contributed by atoms with Gasteiger partial charge in [0.15, 0.2) is 0 Å². The van der Waals surface area contributed by atoms with E-state index < -0.39 is 90.3 Å². The van der Waals surface area contributed by atoms with Crippen LogP contribution in [0.15, 0.2) is 54.6 Å². The second-order valence-corrected chi connectivity index (χ2v) is 12.8. The van der Waals surface area contributed by atoms with Gasteiger partial charge in [-0.15, -0.1) is 0 Å². The van der Waals surface area contributed by atoms with E-state index in [0.717, 1.165) is 0 Å². The molecule has 7 amide bonds. The average molecular weight is 727 g/mol. The van der Waals surface area contributed by atoms with Gasteiger partial charge in [-0.2, -0.15) is 0 Å². The Kier molecular flexibility index (Phi) is 16.7. The van der Waals surface area contributed by atoms with Crippen molar-refractivity contribution < 1.29 is 43.8 Å². The van der Waals surface area contributed by atoms with Gasteiger partial charge in [-0.25, -0.2) is 0 Å². The quantitative estimate of drug-likeness (QED) is 0.0733. The summed E-state index contributed by atoms with van der Waals surface area (Å²) in [5.74, 6) is -5.71. The summed E-state index contributed by atoms with van der Waals surface area (Å²) in [5, 5.41) is 34.4. The minimum atomic E-state index is -1.49. The van der Waals surface area contributed by atoms with Crippen molar-refractivity contribution in [1.29, 1.82) is 0 Å². The van der Waals surface area contributed by atoms with Crippen molar-refractivity contribution in [3.63, 3.8) is 0 Å². The number of nitrogens with two attached hydrogens (primary N) is 2. The zero-order valence-corrected chi connectivity index (χ0v) is 29.8. The molecule has 0 spiro atoms. The summed E-state index contributed by atoms with van der Waals surface area (Å²) in [6, 6.07) is 6.33. The monoisotopic (exact) mass is 726 g/mol. The lowest BCUT2D eigenvalue weighted by atomic mass is 10.0. The van der Waals surface area contributed by atoms with Crippen molar-refractivity contribution in [3.8, 4) is 5.75 Å². The standard InChI is InChI=1S/C35H50N8O9/c1-18(2)28(29(37)46)43-35(52)27(17-44)42-34(51)26(15-22-9-7-6-8-10-22)41-32(49)21(5)38-31(48)20(4)39-33(50)25(40-30(47)19(3)36)16-23-11-13-24(45)14-12-23/h6-14,18-21,25-28,44-45H,15-17,36H2,1-5H3,(H2,37,46)(H,38,48)(H,39,50)(H,40,47)(H,41,49)(H,42,51)(H,43,52)/t19-,20-,21-,25-,26-,27-,28-/m0/s1. The van der Waals surface area contributed by atoms with Gasteiger partial charge in [-0.05, 0) is 49.9 Å². The van der Waals surface area contributed by atoms with Gasteiger partial charge in [0, 0.05) is 12.8 Å². The fourth-order valence-corrected chi connectivity index (χ4v) is 4.81. The van der Waals surface area contributed by atoms with Gasteiger partial charge in [0.2, 0.25) is 41.4 Å². The molecule has 0 saturated heterocycles. The van der Waals surface area contributed by atoms with E-state index in [9.17, 15) is 43.8 Å². The van der Waals surface area contributed by atoms with E-state index in [-0.39, 0.29) is 24.5 Å². The topological polar surface area (TPSA) is 284 Å². The Morgan fingerprint density at radius 2 is 1.00 bits per heavy atom. The molecule has 0 radical (unpaired) electrons. The number of rotatable bonds is 19. The van der Waals surface area contributed by atoms with Crippen molar-refractivity contribution >= 4 is 41.4 Å². The third-order valence-corrected chi connectivity index (χ3v) is 7.93. The van der Waals surface area contributed by atoms with Crippen LogP contribution in [0.25, 0.3) is 0 Å². The number of carbonyl (C=O) groups is 7. The van der Waals surface area contributed by atoms with Crippen molar-refractivity contribution in [3.05, 3.63) is 65.7 Å². The highest BCUT2D eigenvalue weighted by Gasteiger charge is 2.32. The van der Waals surface area contributed by atoms with Crippen molar-refractivity contribution in [2.45, 2.75) is 89.8 Å². The van der Waals surface area contributed by atoms with Gasteiger partial charge in [0.1, 0.15) is 42.0 Å². The number of aromatic hydroxyl groups is 1. The molecular formula is C35H50N8O9. The van der Waals surface area contributed by atoms with E-state index in [1.54, 1.807) is 56.3 Å². The van der Waals surface area contributed by atoms with E-state index in [2.05, 4.69) is 31.9 Å². The lowest BCUT2D eigenvalue weighted by Crippen LogP contribution is -2.60. The molecule has 2 aromatic rings. The highest BCUT2D eigenvalue weighted by molar-refractivity contribution is 5.97. The lowest BCUT2D eigenvalue weighted by molar-refractivity contribution is -0.135. The van der Waals surface area contributed by atoms with Crippen LogP contribution in [0.3, 0.4) is 0 Å². The molecule has 0 bridgehead atoms. The molecule has 7 atom stereocenters. The molecule has 0 fully saturated rings. The molecule has 0 aliphatic heterocycles. The number of amides is 7. The minimum Gasteiger partial charge on any atom is -0.508 e. The van der Waals surface area contributed by atoms with E-state index in [1.165, 1.54) is 32.9 Å². The van der Waals surface area contributed by atoms with Crippen molar-refractivity contribution in [2.24, 2.45) is 17.4 Å². The Balaban J connectivity index is 2.13. The first-order valence-corrected chi connectivity index (χ1v) is 16.7. The molecular weight excluding hydrogens is 676 g/mol. The van der Waals surface area contributed by atoms with Gasteiger partial charge in [0.05, 0.1) is 12.6 Å². The van der Waals surface area contributed by atoms with Crippen LogP contribution in [0.1, 0.15) is 45.7 Å². The zero-order valence-electron chi connectivity index (χ0n) is 29.8. The smallest absolute Gasteiger partial charge is 0.245 e. The molecule has 12 N–H and O–H groups in total. The summed E-state index contributed by atoms with van der Waals surface area (Å²) in [7, 11) is 0. The normalized spacial score (nSPS) is 15.0. The lowest BCUT2D eigenvalue weighted by Gasteiger charge is -2.26. The minimum absolute atomic E-state index is 0.0124. The largest absolute Gasteiger partial charge is 0.508 e. The molecule has 2 rings (SSSR count). The highest BCUT2D eigenvalue weighted by atomic mass is 16.3. The maximum absolute atomic E-state index is 13.4. The number of primary amides is 1. The molecule has 0 heterocycles. The summed E-state index contributed by atoms with van der Waals surface area (Å²) >= 11 is 0. The predicted octanol–water partition coefficient (Wildman–Crippen LogP) is -2.39. The molecule has 17 nitrogen and oxygen atoms in total. The summed E-state index contributed by atoms with van der Waals surface area (Å²) in [6.45, 7) is 6.65. The van der Waals surface area contributed by atoms with Crippen molar-refractivity contribution in [2.75, 3.05) is 6.61 Å². The Hall–Kier alpha value is -5.55. The van der Waals surface area contributed by atoms with Gasteiger partial charge in [0.25, 0.3) is 0 Å². The van der Waals surface area contributed by atoms with Crippen LogP contribution in [0.5, 0.6) is 5.75 Å². The van der Waals surface area contributed by atoms with Crippen LogP contribution >= 0.6 is 0 Å². The van der Waals surface area contributed by atoms with Crippen LogP contribution < -0.4 is 43.4 Å². The fourth-order valence-electron chi connectivity index (χ4n) is 4.81. The molecule has 2 aromatic carbocycles. The number of phenolic OH excluding ortho intramolecular Hbond substituents is 1. The SMILES string of the molecule is CC(C)[C@H](NC(=O)[C@H](CO)NC(=O)[C@H](Cc1ccccc1)NC(=O)[C@H](C)NC(=O)[C@H](C)NC(=O)[C@H](Cc1ccc(O)cc1)NC(=O)[C@H](C)N)C(N)=O. The van der Waals surface area contributed by atoms with E-state index >= 15 is 0 Å². The van der Waals surface area contributed by atoms with Crippen LogP contribution in [0.4, 0.5) is 0 Å². The molecule has 0 aliphatic carbocycles. The Morgan fingerprint density at radius 1 is 0.577 bits per heavy atom. The maximum atomic E-state index is 13.4. The number of hydrogen-bond donors (Lipinski definition) is 10. The van der Waals surface area contributed by atoms with Gasteiger partial charge in [-0.1, -0.05) is 56.3 Å². The summed E-state index contributed by atoms with van der Waals surface area (Å²) in [5.41, 5.74) is 12.3. The number of nitrogens with one attached hydrogen (secondary N) is 6.